The zero-order valence-corrected chi connectivity index (χ0v) is 10.6. The van der Waals surface area contributed by atoms with Crippen LogP contribution in [0.5, 0.6) is 0 Å². The van der Waals surface area contributed by atoms with Gasteiger partial charge in [-0.1, -0.05) is 6.92 Å². The van der Waals surface area contributed by atoms with Gasteiger partial charge in [-0.15, -0.1) is 0 Å². The smallest absolute Gasteiger partial charge is 0.181 e. The number of H-pyrrole nitrogens is 1. The number of hydrogen-bond acceptors (Lipinski definition) is 3. The van der Waals surface area contributed by atoms with Crippen LogP contribution >= 0.6 is 15.9 Å². The van der Waals surface area contributed by atoms with Gasteiger partial charge in [0.2, 0.25) is 0 Å². The summed E-state index contributed by atoms with van der Waals surface area (Å²) < 4.78 is 0.867. The molecule has 4 nitrogen and oxygen atoms in total. The van der Waals surface area contributed by atoms with Gasteiger partial charge in [-0.05, 0) is 40.5 Å². The molecule has 0 radical (unpaired) electrons. The maximum absolute atomic E-state index is 5.72. The fraction of sp³-hybridized carbons (Fsp3) is 0.273. The molecule has 0 aliphatic rings. The van der Waals surface area contributed by atoms with Gasteiger partial charge in [0.25, 0.3) is 0 Å². The molecule has 0 saturated heterocycles. The van der Waals surface area contributed by atoms with Crippen molar-refractivity contribution in [2.45, 2.75) is 19.8 Å². The van der Waals surface area contributed by atoms with Gasteiger partial charge < -0.3 is 5.73 Å². The molecule has 2 rings (SSSR count). The minimum Gasteiger partial charge on any atom is -0.398 e. The quantitative estimate of drug-likeness (QED) is 0.850. The lowest BCUT2D eigenvalue weighted by Gasteiger charge is -1.99. The first-order valence-corrected chi connectivity index (χ1v) is 5.96. The molecule has 0 aliphatic carbocycles. The summed E-state index contributed by atoms with van der Waals surface area (Å²) in [5, 5.41) is 7.11. The van der Waals surface area contributed by atoms with E-state index in [9.17, 15) is 0 Å². The fourth-order valence-electron chi connectivity index (χ4n) is 1.44. The van der Waals surface area contributed by atoms with Crippen molar-refractivity contribution in [3.05, 3.63) is 28.5 Å². The van der Waals surface area contributed by atoms with Gasteiger partial charge in [0, 0.05) is 22.1 Å². The number of anilines is 1. The van der Waals surface area contributed by atoms with Crippen molar-refractivity contribution in [2.24, 2.45) is 0 Å². The Morgan fingerprint density at radius 3 is 2.94 bits per heavy atom. The predicted molar refractivity (Wildman–Crippen MR) is 67.9 cm³/mol. The molecular formula is C11H13BrN4. The molecule has 1 heterocycles. The molecule has 2 aromatic rings. The molecule has 1 aromatic heterocycles. The summed E-state index contributed by atoms with van der Waals surface area (Å²) >= 11 is 3.39. The molecule has 3 N–H and O–H groups in total. The van der Waals surface area contributed by atoms with E-state index in [0.29, 0.717) is 11.5 Å². The Labute approximate surface area is 102 Å². The Kier molecular flexibility index (Phi) is 3.24. The second-order valence-electron chi connectivity index (χ2n) is 3.59. The van der Waals surface area contributed by atoms with E-state index in [4.69, 9.17) is 5.73 Å². The molecule has 0 amide bonds. The first-order valence-electron chi connectivity index (χ1n) is 5.17. The summed E-state index contributed by atoms with van der Waals surface area (Å²) in [4.78, 5) is 4.41. The number of benzene rings is 1. The van der Waals surface area contributed by atoms with Crippen LogP contribution < -0.4 is 5.73 Å². The van der Waals surface area contributed by atoms with Crippen molar-refractivity contribution in [3.8, 4) is 11.4 Å². The first kappa shape index (κ1) is 11.1. The number of hydrogen-bond donors (Lipinski definition) is 2. The molecule has 0 atom stereocenters. The normalized spacial score (nSPS) is 10.6. The van der Waals surface area contributed by atoms with Crippen molar-refractivity contribution >= 4 is 21.6 Å². The summed E-state index contributed by atoms with van der Waals surface area (Å²) in [6.07, 6.45) is 1.98. The number of rotatable bonds is 3. The number of aromatic amines is 1. The highest BCUT2D eigenvalue weighted by Crippen LogP contribution is 2.25. The maximum Gasteiger partial charge on any atom is 0.181 e. The van der Waals surface area contributed by atoms with E-state index in [2.05, 4.69) is 38.0 Å². The predicted octanol–water partition coefficient (Wildman–Crippen LogP) is 2.77. The van der Waals surface area contributed by atoms with Crippen LogP contribution in [0.15, 0.2) is 22.7 Å². The molecule has 0 bridgehead atoms. The molecule has 1 aromatic carbocycles. The average Bonchev–Trinajstić information content (AvgIpc) is 2.71. The number of nitrogens with two attached hydrogens (primary N) is 1. The second-order valence-corrected chi connectivity index (χ2v) is 4.45. The molecule has 5 heteroatoms. The van der Waals surface area contributed by atoms with Crippen LogP contribution in [0.4, 0.5) is 5.69 Å². The monoisotopic (exact) mass is 280 g/mol. The summed E-state index contributed by atoms with van der Waals surface area (Å²) in [7, 11) is 0. The van der Waals surface area contributed by atoms with Crippen molar-refractivity contribution in [1.82, 2.24) is 15.2 Å². The third-order valence-electron chi connectivity index (χ3n) is 2.28. The largest absolute Gasteiger partial charge is 0.398 e. The molecule has 0 unspecified atom stereocenters. The van der Waals surface area contributed by atoms with Crippen LogP contribution in [0.2, 0.25) is 0 Å². The highest BCUT2D eigenvalue weighted by Gasteiger charge is 2.06. The van der Waals surface area contributed by atoms with Crippen molar-refractivity contribution in [3.63, 3.8) is 0 Å². The van der Waals surface area contributed by atoms with Crippen LogP contribution in [-0.4, -0.2) is 15.2 Å². The fourth-order valence-corrected chi connectivity index (χ4v) is 1.82. The van der Waals surface area contributed by atoms with Gasteiger partial charge in [-0.3, -0.25) is 5.10 Å². The van der Waals surface area contributed by atoms with Crippen LogP contribution in [0, 0.1) is 0 Å². The number of nitrogens with one attached hydrogen (secondary N) is 1. The van der Waals surface area contributed by atoms with Crippen LogP contribution in [0.3, 0.4) is 0 Å². The van der Waals surface area contributed by atoms with E-state index in [-0.39, 0.29) is 0 Å². The van der Waals surface area contributed by atoms with Crippen molar-refractivity contribution < 1.29 is 0 Å². The van der Waals surface area contributed by atoms with Crippen LogP contribution in [-0.2, 0) is 6.42 Å². The van der Waals surface area contributed by atoms with Gasteiger partial charge in [0.1, 0.15) is 5.82 Å². The van der Waals surface area contributed by atoms with Gasteiger partial charge in [-0.2, -0.15) is 5.10 Å². The third kappa shape index (κ3) is 2.24. The van der Waals surface area contributed by atoms with E-state index in [1.807, 2.05) is 18.2 Å². The second kappa shape index (κ2) is 4.65. The number of nitrogens with zero attached hydrogens (tertiary/aromatic N) is 2. The van der Waals surface area contributed by atoms with Crippen molar-refractivity contribution in [1.29, 1.82) is 0 Å². The molecule has 0 aliphatic heterocycles. The van der Waals surface area contributed by atoms with E-state index >= 15 is 0 Å². The molecule has 84 valence electrons. The molecule has 0 saturated carbocycles. The van der Waals surface area contributed by atoms with Gasteiger partial charge in [0.15, 0.2) is 5.82 Å². The Morgan fingerprint density at radius 2 is 2.25 bits per heavy atom. The lowest BCUT2D eigenvalue weighted by Crippen LogP contribution is -1.88. The molecule has 16 heavy (non-hydrogen) atoms. The van der Waals surface area contributed by atoms with E-state index in [1.54, 1.807) is 0 Å². The Balaban J connectivity index is 2.31. The standard InChI is InChI=1S/C11H13BrN4/c1-2-3-10-14-11(16-15-10)7-4-5-9(13)8(12)6-7/h4-6H,2-3,13H2,1H3,(H,14,15,16). The molecule has 0 spiro atoms. The zero-order valence-electron chi connectivity index (χ0n) is 9.00. The summed E-state index contributed by atoms with van der Waals surface area (Å²) in [6.45, 7) is 2.11. The third-order valence-corrected chi connectivity index (χ3v) is 2.96. The van der Waals surface area contributed by atoms with Crippen LogP contribution in [0.1, 0.15) is 19.2 Å². The number of nitrogen functional groups attached to an aromatic ring is 1. The van der Waals surface area contributed by atoms with Gasteiger partial charge >= 0.3 is 0 Å². The highest BCUT2D eigenvalue weighted by molar-refractivity contribution is 9.10. The maximum atomic E-state index is 5.72. The Bertz CT molecular complexity index is 492. The number of halogens is 1. The van der Waals surface area contributed by atoms with Gasteiger partial charge in [0.05, 0.1) is 0 Å². The minimum absolute atomic E-state index is 0.712. The van der Waals surface area contributed by atoms with E-state index in [0.717, 1.165) is 28.7 Å². The highest BCUT2D eigenvalue weighted by atomic mass is 79.9. The van der Waals surface area contributed by atoms with E-state index < -0.39 is 0 Å². The lowest BCUT2D eigenvalue weighted by molar-refractivity contribution is 0.841. The lowest BCUT2D eigenvalue weighted by atomic mass is 10.2. The number of aromatic nitrogens is 3. The Morgan fingerprint density at radius 1 is 1.44 bits per heavy atom. The summed E-state index contributed by atoms with van der Waals surface area (Å²) in [6, 6.07) is 5.68. The SMILES string of the molecule is CCCc1nc(-c2ccc(N)c(Br)c2)n[nH]1. The Hall–Kier alpha value is -1.36. The minimum atomic E-state index is 0.712. The summed E-state index contributed by atoms with van der Waals surface area (Å²) in [5.41, 5.74) is 7.40. The van der Waals surface area contributed by atoms with E-state index in [1.165, 1.54) is 0 Å². The van der Waals surface area contributed by atoms with Crippen molar-refractivity contribution in [2.75, 3.05) is 5.73 Å². The molecular weight excluding hydrogens is 268 g/mol. The first-order chi connectivity index (χ1) is 7.70. The average molecular weight is 281 g/mol. The molecule has 0 fully saturated rings. The van der Waals surface area contributed by atoms with Crippen LogP contribution in [0.25, 0.3) is 11.4 Å². The topological polar surface area (TPSA) is 67.6 Å². The number of aryl methyl sites for hydroxylation is 1. The zero-order chi connectivity index (χ0) is 11.5. The van der Waals surface area contributed by atoms with Gasteiger partial charge in [-0.25, -0.2) is 4.98 Å². The summed E-state index contributed by atoms with van der Waals surface area (Å²) in [5.74, 6) is 1.63.